The number of anilines is 1. The summed E-state index contributed by atoms with van der Waals surface area (Å²) in [4.78, 5) is 12.6. The van der Waals surface area contributed by atoms with Crippen molar-refractivity contribution in [1.29, 1.82) is 0 Å². The smallest absolute Gasteiger partial charge is 0.209 e. The summed E-state index contributed by atoms with van der Waals surface area (Å²) in [6, 6.07) is 10.4. The SMILES string of the molecule is O=CN1CC2C=NN(c3ccccc3)C2C1. The number of rotatable bonds is 2. The van der Waals surface area contributed by atoms with Crippen LogP contribution in [0.25, 0.3) is 0 Å². The quantitative estimate of drug-likeness (QED) is 0.689. The van der Waals surface area contributed by atoms with E-state index in [0.29, 0.717) is 12.0 Å². The number of carbonyl (C=O) groups excluding carboxylic acids is 1. The number of amides is 1. The molecule has 1 fully saturated rings. The number of hydrazone groups is 1. The molecule has 0 bridgehead atoms. The maximum Gasteiger partial charge on any atom is 0.209 e. The molecular formula is C12H13N3O. The summed E-state index contributed by atoms with van der Waals surface area (Å²) in [6.45, 7) is 1.56. The molecule has 82 valence electrons. The zero-order valence-corrected chi connectivity index (χ0v) is 8.86. The van der Waals surface area contributed by atoms with Crippen molar-refractivity contribution in [2.75, 3.05) is 18.1 Å². The molecule has 1 amide bonds. The number of hydrogen-bond acceptors (Lipinski definition) is 3. The lowest BCUT2D eigenvalue weighted by Gasteiger charge is -2.22. The minimum atomic E-state index is 0.313. The highest BCUT2D eigenvalue weighted by molar-refractivity contribution is 5.72. The van der Waals surface area contributed by atoms with Crippen molar-refractivity contribution in [3.05, 3.63) is 30.3 Å². The fourth-order valence-corrected chi connectivity index (χ4v) is 2.42. The van der Waals surface area contributed by atoms with Crippen LogP contribution < -0.4 is 5.01 Å². The average molecular weight is 215 g/mol. The largest absolute Gasteiger partial charge is 0.342 e. The minimum Gasteiger partial charge on any atom is -0.342 e. The molecule has 0 radical (unpaired) electrons. The van der Waals surface area contributed by atoms with Gasteiger partial charge in [-0.05, 0) is 12.1 Å². The number of fused-ring (bicyclic) bond motifs is 1. The molecule has 1 aromatic carbocycles. The van der Waals surface area contributed by atoms with Crippen LogP contribution in [-0.2, 0) is 4.79 Å². The molecule has 2 aliphatic heterocycles. The van der Waals surface area contributed by atoms with Crippen LogP contribution >= 0.6 is 0 Å². The molecule has 2 unspecified atom stereocenters. The molecular weight excluding hydrogens is 202 g/mol. The summed E-state index contributed by atoms with van der Waals surface area (Å²) in [6.07, 6.45) is 2.89. The fraction of sp³-hybridized carbons (Fsp3) is 0.333. The highest BCUT2D eigenvalue weighted by atomic mass is 16.1. The second-order valence-electron chi connectivity index (χ2n) is 4.24. The van der Waals surface area contributed by atoms with Gasteiger partial charge in [0.2, 0.25) is 6.41 Å². The van der Waals surface area contributed by atoms with E-state index in [1.807, 2.05) is 46.5 Å². The Morgan fingerprint density at radius 1 is 1.25 bits per heavy atom. The number of likely N-dealkylation sites (tertiary alicyclic amines) is 1. The van der Waals surface area contributed by atoms with Gasteiger partial charge in [0.25, 0.3) is 0 Å². The van der Waals surface area contributed by atoms with E-state index in [9.17, 15) is 4.79 Å². The van der Waals surface area contributed by atoms with E-state index in [4.69, 9.17) is 0 Å². The van der Waals surface area contributed by atoms with Crippen molar-refractivity contribution < 1.29 is 4.79 Å². The van der Waals surface area contributed by atoms with E-state index in [0.717, 1.165) is 25.2 Å². The van der Waals surface area contributed by atoms with Crippen LogP contribution in [-0.4, -0.2) is 36.7 Å². The summed E-state index contributed by atoms with van der Waals surface area (Å²) in [5.74, 6) is 0.380. The molecule has 2 heterocycles. The van der Waals surface area contributed by atoms with Crippen LogP contribution in [0.1, 0.15) is 0 Å². The van der Waals surface area contributed by atoms with E-state index in [1.165, 1.54) is 0 Å². The molecule has 16 heavy (non-hydrogen) atoms. The van der Waals surface area contributed by atoms with Gasteiger partial charge in [-0.3, -0.25) is 9.80 Å². The van der Waals surface area contributed by atoms with E-state index in [2.05, 4.69) is 5.10 Å². The molecule has 3 rings (SSSR count). The Morgan fingerprint density at radius 3 is 2.81 bits per heavy atom. The predicted molar refractivity (Wildman–Crippen MR) is 62.3 cm³/mol. The first-order chi connectivity index (χ1) is 7.88. The van der Waals surface area contributed by atoms with Gasteiger partial charge in [0.1, 0.15) is 0 Å². The van der Waals surface area contributed by atoms with Crippen molar-refractivity contribution in [3.8, 4) is 0 Å². The third kappa shape index (κ3) is 1.38. The minimum absolute atomic E-state index is 0.313. The van der Waals surface area contributed by atoms with E-state index in [-0.39, 0.29) is 0 Å². The summed E-state index contributed by atoms with van der Waals surface area (Å²) in [5.41, 5.74) is 1.10. The maximum atomic E-state index is 10.7. The fourth-order valence-electron chi connectivity index (χ4n) is 2.42. The van der Waals surface area contributed by atoms with Crippen LogP contribution in [0.5, 0.6) is 0 Å². The molecule has 0 spiro atoms. The van der Waals surface area contributed by atoms with Gasteiger partial charge in [0, 0.05) is 25.2 Å². The van der Waals surface area contributed by atoms with Crippen LogP contribution in [0.15, 0.2) is 35.4 Å². The number of hydrogen-bond donors (Lipinski definition) is 0. The van der Waals surface area contributed by atoms with Gasteiger partial charge in [-0.1, -0.05) is 18.2 Å². The standard InChI is InChI=1S/C12H13N3O/c16-9-14-7-10-6-13-15(12(10)8-14)11-4-2-1-3-5-11/h1-6,9-10,12H,7-8H2. The van der Waals surface area contributed by atoms with Gasteiger partial charge in [0.05, 0.1) is 11.7 Å². The van der Waals surface area contributed by atoms with Crippen molar-refractivity contribution in [2.45, 2.75) is 6.04 Å². The van der Waals surface area contributed by atoms with Crippen LogP contribution in [0.4, 0.5) is 5.69 Å². The zero-order valence-electron chi connectivity index (χ0n) is 8.86. The Kier molecular flexibility index (Phi) is 2.13. The average Bonchev–Trinajstić information content (AvgIpc) is 2.88. The van der Waals surface area contributed by atoms with Gasteiger partial charge < -0.3 is 4.90 Å². The Balaban J connectivity index is 1.84. The van der Waals surface area contributed by atoms with Crippen LogP contribution in [0, 0.1) is 5.92 Å². The third-order valence-corrected chi connectivity index (χ3v) is 3.23. The normalized spacial score (nSPS) is 27.2. The number of benzene rings is 1. The highest BCUT2D eigenvalue weighted by Crippen LogP contribution is 2.29. The third-order valence-electron chi connectivity index (χ3n) is 3.23. The first-order valence-electron chi connectivity index (χ1n) is 5.46. The van der Waals surface area contributed by atoms with Crippen molar-refractivity contribution in [1.82, 2.24) is 4.90 Å². The molecule has 1 aromatic rings. The number of para-hydroxylation sites is 1. The predicted octanol–water partition coefficient (Wildman–Crippen LogP) is 0.949. The molecule has 4 nitrogen and oxygen atoms in total. The molecule has 2 atom stereocenters. The number of nitrogens with zero attached hydrogens (tertiary/aromatic N) is 3. The first kappa shape index (κ1) is 9.39. The van der Waals surface area contributed by atoms with Crippen LogP contribution in [0.2, 0.25) is 0 Å². The highest BCUT2D eigenvalue weighted by Gasteiger charge is 2.39. The summed E-state index contributed by atoms with van der Waals surface area (Å²) in [5, 5.41) is 6.45. The monoisotopic (exact) mass is 215 g/mol. The van der Waals surface area contributed by atoms with Gasteiger partial charge >= 0.3 is 0 Å². The van der Waals surface area contributed by atoms with E-state index >= 15 is 0 Å². The molecule has 0 aromatic heterocycles. The van der Waals surface area contributed by atoms with Gasteiger partial charge in [-0.25, -0.2) is 0 Å². The van der Waals surface area contributed by atoms with E-state index < -0.39 is 0 Å². The molecule has 0 N–H and O–H groups in total. The summed E-state index contributed by atoms with van der Waals surface area (Å²) in [7, 11) is 0. The Bertz CT molecular complexity index is 418. The molecule has 2 aliphatic rings. The molecule has 4 heteroatoms. The molecule has 0 aliphatic carbocycles. The van der Waals surface area contributed by atoms with Crippen molar-refractivity contribution >= 4 is 18.3 Å². The Morgan fingerprint density at radius 2 is 2.06 bits per heavy atom. The first-order valence-corrected chi connectivity index (χ1v) is 5.46. The van der Waals surface area contributed by atoms with Gasteiger partial charge in [-0.15, -0.1) is 0 Å². The van der Waals surface area contributed by atoms with Gasteiger partial charge in [0.15, 0.2) is 0 Å². The second-order valence-corrected chi connectivity index (χ2v) is 4.24. The Hall–Kier alpha value is -1.84. The molecule has 1 saturated heterocycles. The second kappa shape index (κ2) is 3.63. The summed E-state index contributed by atoms with van der Waals surface area (Å²) < 4.78 is 0. The maximum absolute atomic E-state index is 10.7. The lowest BCUT2D eigenvalue weighted by molar-refractivity contribution is -0.117. The van der Waals surface area contributed by atoms with Crippen molar-refractivity contribution in [2.24, 2.45) is 11.0 Å². The van der Waals surface area contributed by atoms with E-state index in [1.54, 1.807) is 0 Å². The zero-order chi connectivity index (χ0) is 11.0. The Labute approximate surface area is 94.2 Å². The molecule has 0 saturated carbocycles. The summed E-state index contributed by atoms with van der Waals surface area (Å²) >= 11 is 0. The van der Waals surface area contributed by atoms with Gasteiger partial charge in [-0.2, -0.15) is 5.10 Å². The van der Waals surface area contributed by atoms with Crippen LogP contribution in [0.3, 0.4) is 0 Å². The lowest BCUT2D eigenvalue weighted by Crippen LogP contribution is -2.33. The topological polar surface area (TPSA) is 35.9 Å². The number of carbonyl (C=O) groups is 1. The van der Waals surface area contributed by atoms with Crippen molar-refractivity contribution in [3.63, 3.8) is 0 Å². The lowest BCUT2D eigenvalue weighted by atomic mass is 10.1.